The summed E-state index contributed by atoms with van der Waals surface area (Å²) in [5, 5.41) is 12.2. The van der Waals surface area contributed by atoms with Crippen LogP contribution in [0.4, 0.5) is 4.79 Å². The highest BCUT2D eigenvalue weighted by atomic mass is 35.5. The van der Waals surface area contributed by atoms with Crippen molar-refractivity contribution in [2.45, 2.75) is 50.7 Å². The first kappa shape index (κ1) is 21.9. The van der Waals surface area contributed by atoms with Gasteiger partial charge >= 0.3 is 6.09 Å². The van der Waals surface area contributed by atoms with Gasteiger partial charge in [-0.3, -0.25) is 4.98 Å². The van der Waals surface area contributed by atoms with Gasteiger partial charge in [0, 0.05) is 24.7 Å². The fourth-order valence-electron chi connectivity index (χ4n) is 3.76. The van der Waals surface area contributed by atoms with E-state index in [0.29, 0.717) is 41.7 Å². The van der Waals surface area contributed by atoms with Crippen LogP contribution in [0.3, 0.4) is 0 Å². The molecular weight excluding hydrogens is 411 g/mol. The minimum absolute atomic E-state index is 0.340. The molecule has 1 saturated heterocycles. The lowest BCUT2D eigenvalue weighted by molar-refractivity contribution is -0.00315. The number of hydrogen-bond donors (Lipinski definition) is 1. The van der Waals surface area contributed by atoms with Crippen molar-refractivity contribution in [1.29, 1.82) is 0 Å². The Morgan fingerprint density at radius 3 is 2.41 bits per heavy atom. The van der Waals surface area contributed by atoms with Crippen LogP contribution < -0.4 is 0 Å². The standard InChI is InChI=1S/C22H26Cl2N2O3/c1-21(2,3)29-20(28)26-12-9-22(10-13-26,15-7-8-16(23)17(24)14-15)19(27)18-6-4-5-11-25-18/h4-8,11,14,19,27H,9-10,12-13H2,1-3H3/t19-/m0/s1. The summed E-state index contributed by atoms with van der Waals surface area (Å²) in [6.45, 7) is 6.46. The van der Waals surface area contributed by atoms with Crippen LogP contribution in [0.25, 0.3) is 0 Å². The Morgan fingerprint density at radius 2 is 1.86 bits per heavy atom. The molecule has 1 aliphatic heterocycles. The third kappa shape index (κ3) is 4.85. The Balaban J connectivity index is 1.91. The number of nitrogens with zero attached hydrogens (tertiary/aromatic N) is 2. The van der Waals surface area contributed by atoms with Gasteiger partial charge in [-0.15, -0.1) is 0 Å². The second-order valence-corrected chi connectivity index (χ2v) is 9.22. The number of rotatable bonds is 3. The maximum Gasteiger partial charge on any atom is 0.410 e. The van der Waals surface area contributed by atoms with E-state index in [4.69, 9.17) is 27.9 Å². The highest BCUT2D eigenvalue weighted by Crippen LogP contribution is 2.46. The molecule has 0 aliphatic carbocycles. The topological polar surface area (TPSA) is 62.7 Å². The maximum absolute atomic E-state index is 12.5. The number of ether oxygens (including phenoxy) is 1. The minimum atomic E-state index is -0.846. The molecule has 0 spiro atoms. The van der Waals surface area contributed by atoms with Crippen LogP contribution in [-0.2, 0) is 10.2 Å². The van der Waals surface area contributed by atoms with Crippen molar-refractivity contribution >= 4 is 29.3 Å². The molecule has 1 fully saturated rings. The summed E-state index contributed by atoms with van der Waals surface area (Å²) in [7, 11) is 0. The van der Waals surface area contributed by atoms with Gasteiger partial charge in [-0.05, 0) is 63.4 Å². The maximum atomic E-state index is 12.5. The number of hydrogen-bond acceptors (Lipinski definition) is 4. The van der Waals surface area contributed by atoms with Crippen molar-refractivity contribution in [2.75, 3.05) is 13.1 Å². The number of aliphatic hydroxyl groups is 1. The number of carbonyl (C=O) groups excluding carboxylic acids is 1. The molecule has 5 nitrogen and oxygen atoms in total. The van der Waals surface area contributed by atoms with E-state index in [1.165, 1.54) is 0 Å². The number of likely N-dealkylation sites (tertiary alicyclic amines) is 1. The molecule has 1 N–H and O–H groups in total. The Labute approximate surface area is 181 Å². The van der Waals surface area contributed by atoms with Crippen molar-refractivity contribution in [2.24, 2.45) is 0 Å². The average Bonchev–Trinajstić information content (AvgIpc) is 2.69. The predicted octanol–water partition coefficient (Wildman–Crippen LogP) is 5.39. The summed E-state index contributed by atoms with van der Waals surface area (Å²) >= 11 is 12.4. The van der Waals surface area contributed by atoms with Crippen LogP contribution in [0.5, 0.6) is 0 Å². The number of aliphatic hydroxyl groups excluding tert-OH is 1. The molecule has 29 heavy (non-hydrogen) atoms. The van der Waals surface area contributed by atoms with Gasteiger partial charge in [0.1, 0.15) is 11.7 Å². The second kappa shape index (κ2) is 8.50. The van der Waals surface area contributed by atoms with Crippen molar-refractivity contribution in [1.82, 2.24) is 9.88 Å². The normalized spacial score (nSPS) is 17.7. The third-order valence-corrected chi connectivity index (χ3v) is 6.03. The molecule has 1 amide bonds. The smallest absolute Gasteiger partial charge is 0.410 e. The molecule has 0 bridgehead atoms. The molecule has 7 heteroatoms. The summed E-state index contributed by atoms with van der Waals surface area (Å²) in [4.78, 5) is 18.5. The van der Waals surface area contributed by atoms with E-state index >= 15 is 0 Å². The zero-order valence-electron chi connectivity index (χ0n) is 16.9. The van der Waals surface area contributed by atoms with E-state index in [-0.39, 0.29) is 6.09 Å². The summed E-state index contributed by atoms with van der Waals surface area (Å²) < 4.78 is 5.50. The van der Waals surface area contributed by atoms with Gasteiger partial charge in [-0.2, -0.15) is 0 Å². The number of carbonyl (C=O) groups is 1. The van der Waals surface area contributed by atoms with Crippen LogP contribution in [0, 0.1) is 0 Å². The summed E-state index contributed by atoms with van der Waals surface area (Å²) in [6.07, 6.45) is 1.56. The van der Waals surface area contributed by atoms with Crippen molar-refractivity contribution in [3.8, 4) is 0 Å². The molecule has 0 saturated carbocycles. The van der Waals surface area contributed by atoms with E-state index in [9.17, 15) is 9.90 Å². The molecule has 1 aromatic carbocycles. The molecular formula is C22H26Cl2N2O3. The second-order valence-electron chi connectivity index (χ2n) is 8.41. The lowest BCUT2D eigenvalue weighted by Gasteiger charge is -2.45. The van der Waals surface area contributed by atoms with Gasteiger partial charge in [0.2, 0.25) is 0 Å². The van der Waals surface area contributed by atoms with Gasteiger partial charge < -0.3 is 14.7 Å². The molecule has 0 radical (unpaired) electrons. The van der Waals surface area contributed by atoms with Crippen LogP contribution in [0.1, 0.15) is 51.0 Å². The number of amides is 1. The quantitative estimate of drug-likeness (QED) is 0.700. The summed E-state index contributed by atoms with van der Waals surface area (Å²) in [6, 6.07) is 10.9. The van der Waals surface area contributed by atoms with Gasteiger partial charge in [0.15, 0.2) is 0 Å². The Hall–Kier alpha value is -1.82. The number of halogens is 2. The Kier molecular flexibility index (Phi) is 6.42. The zero-order valence-corrected chi connectivity index (χ0v) is 18.4. The molecule has 1 atom stereocenters. The first-order chi connectivity index (χ1) is 13.6. The highest BCUT2D eigenvalue weighted by molar-refractivity contribution is 6.42. The molecule has 1 aliphatic rings. The molecule has 1 aromatic heterocycles. The number of piperidine rings is 1. The van der Waals surface area contributed by atoms with Crippen LogP contribution in [-0.4, -0.2) is 39.8 Å². The summed E-state index contributed by atoms with van der Waals surface area (Å²) in [5.41, 5.74) is 0.280. The summed E-state index contributed by atoms with van der Waals surface area (Å²) in [5.74, 6) is 0. The van der Waals surface area contributed by atoms with Crippen LogP contribution in [0.15, 0.2) is 42.6 Å². The average molecular weight is 437 g/mol. The minimum Gasteiger partial charge on any atom is -0.444 e. The van der Waals surface area contributed by atoms with E-state index < -0.39 is 17.1 Å². The largest absolute Gasteiger partial charge is 0.444 e. The van der Waals surface area contributed by atoms with E-state index in [1.54, 1.807) is 23.2 Å². The molecule has 2 heterocycles. The van der Waals surface area contributed by atoms with Crippen molar-refractivity contribution < 1.29 is 14.6 Å². The SMILES string of the molecule is CC(C)(C)OC(=O)N1CCC(c2ccc(Cl)c(Cl)c2)([C@@H](O)c2ccccn2)CC1. The Morgan fingerprint density at radius 1 is 1.17 bits per heavy atom. The van der Waals surface area contributed by atoms with Gasteiger partial charge in [0.25, 0.3) is 0 Å². The van der Waals surface area contributed by atoms with E-state index in [0.717, 1.165) is 5.56 Å². The van der Waals surface area contributed by atoms with E-state index in [2.05, 4.69) is 4.98 Å². The molecule has 0 unspecified atom stereocenters. The fraction of sp³-hybridized carbons (Fsp3) is 0.455. The number of aromatic nitrogens is 1. The molecule has 156 valence electrons. The lowest BCUT2D eigenvalue weighted by Crippen LogP contribution is -2.49. The van der Waals surface area contributed by atoms with Gasteiger partial charge in [-0.25, -0.2) is 4.79 Å². The number of benzene rings is 1. The molecule has 2 aromatic rings. The predicted molar refractivity (Wildman–Crippen MR) is 114 cm³/mol. The number of pyridine rings is 1. The van der Waals surface area contributed by atoms with Crippen molar-refractivity contribution in [3.05, 3.63) is 63.9 Å². The van der Waals surface area contributed by atoms with Gasteiger partial charge in [0.05, 0.1) is 15.7 Å². The highest BCUT2D eigenvalue weighted by Gasteiger charge is 2.45. The van der Waals surface area contributed by atoms with Crippen molar-refractivity contribution in [3.63, 3.8) is 0 Å². The van der Waals surface area contributed by atoms with E-state index in [1.807, 2.05) is 45.0 Å². The molecule has 3 rings (SSSR count). The first-order valence-electron chi connectivity index (χ1n) is 9.65. The Bertz CT molecular complexity index is 860. The first-order valence-corrected chi connectivity index (χ1v) is 10.4. The lowest BCUT2D eigenvalue weighted by atomic mass is 9.68. The van der Waals surface area contributed by atoms with Crippen LogP contribution >= 0.6 is 23.2 Å². The zero-order chi connectivity index (χ0) is 21.2. The third-order valence-electron chi connectivity index (χ3n) is 5.29. The van der Waals surface area contributed by atoms with Crippen LogP contribution in [0.2, 0.25) is 10.0 Å². The van der Waals surface area contributed by atoms with Gasteiger partial charge in [-0.1, -0.05) is 35.3 Å². The monoisotopic (exact) mass is 436 g/mol. The fourth-order valence-corrected chi connectivity index (χ4v) is 4.06.